The first kappa shape index (κ1) is 27.3. The standard InChI is InChI=1S/C25H37BrN2O5S/c1-6-9-12-33-24(32)18-19-22(30)28(16(5)14-29)21(25(19)13-17(26)20(18)34-25)23(31)27(11-8-3)15(4)10-7-2/h6,8,15-21,29H,1,3,7,9-14H2,2,4-5H3/t15?,16-,17?,18+,19+,20+,21?,25?/m1/s1. The van der Waals surface area contributed by atoms with Gasteiger partial charge in [-0.2, -0.15) is 0 Å². The monoisotopic (exact) mass is 556 g/mol. The number of aliphatic hydroxyl groups is 1. The highest BCUT2D eigenvalue weighted by molar-refractivity contribution is 9.09. The fraction of sp³-hybridized carbons (Fsp3) is 0.720. The van der Waals surface area contributed by atoms with Crippen molar-refractivity contribution in [1.29, 1.82) is 0 Å². The molecular weight excluding hydrogens is 520 g/mol. The number of ether oxygens (including phenoxy) is 1. The summed E-state index contributed by atoms with van der Waals surface area (Å²) in [5.74, 6) is -2.04. The van der Waals surface area contributed by atoms with Crippen LogP contribution in [0.4, 0.5) is 0 Å². The molecule has 0 aromatic heterocycles. The molecule has 34 heavy (non-hydrogen) atoms. The molecule has 0 radical (unpaired) electrons. The fourth-order valence-corrected chi connectivity index (χ4v) is 9.46. The van der Waals surface area contributed by atoms with E-state index in [4.69, 9.17) is 4.74 Å². The quantitative estimate of drug-likeness (QED) is 0.172. The van der Waals surface area contributed by atoms with Crippen molar-refractivity contribution in [2.24, 2.45) is 11.8 Å². The molecule has 3 rings (SSSR count). The molecule has 4 unspecified atom stereocenters. The Bertz CT molecular complexity index is 825. The van der Waals surface area contributed by atoms with E-state index in [1.54, 1.807) is 40.6 Å². The zero-order valence-corrected chi connectivity index (χ0v) is 22.7. The van der Waals surface area contributed by atoms with Crippen LogP contribution in [0.2, 0.25) is 0 Å². The number of alkyl halides is 1. The highest BCUT2D eigenvalue weighted by atomic mass is 79.9. The summed E-state index contributed by atoms with van der Waals surface area (Å²) >= 11 is 5.32. The SMILES string of the molecule is C=CCCOC(=O)[C@H]1[C@H]2C(=O)N([C@H](C)CO)C(C(=O)N(CC=C)C(C)CCC)C23CC(Br)[C@@H]1S3. The first-order valence-corrected chi connectivity index (χ1v) is 13.9. The van der Waals surface area contributed by atoms with Crippen LogP contribution in [-0.2, 0) is 19.1 Å². The van der Waals surface area contributed by atoms with E-state index in [9.17, 15) is 19.5 Å². The van der Waals surface area contributed by atoms with Crippen LogP contribution in [0.3, 0.4) is 0 Å². The summed E-state index contributed by atoms with van der Waals surface area (Å²) < 4.78 is 4.78. The Labute approximate surface area is 215 Å². The van der Waals surface area contributed by atoms with Gasteiger partial charge in [-0.15, -0.1) is 24.9 Å². The minimum atomic E-state index is -0.757. The number of hydrogen-bond acceptors (Lipinski definition) is 6. The molecule has 3 aliphatic heterocycles. The van der Waals surface area contributed by atoms with E-state index in [0.717, 1.165) is 12.8 Å². The van der Waals surface area contributed by atoms with Gasteiger partial charge in [0.05, 0.1) is 35.8 Å². The molecule has 190 valence electrons. The Balaban J connectivity index is 2.04. The largest absolute Gasteiger partial charge is 0.465 e. The van der Waals surface area contributed by atoms with Crippen LogP contribution in [0.15, 0.2) is 25.3 Å². The Morgan fingerprint density at radius 1 is 1.38 bits per heavy atom. The minimum absolute atomic E-state index is 0.0147. The second-order valence-corrected chi connectivity index (χ2v) is 12.3. The number of carbonyl (C=O) groups is 3. The predicted molar refractivity (Wildman–Crippen MR) is 138 cm³/mol. The topological polar surface area (TPSA) is 87.1 Å². The summed E-state index contributed by atoms with van der Waals surface area (Å²) in [6, 6.07) is -1.32. The Hall–Kier alpha value is -1.32. The number of aliphatic hydroxyl groups excluding tert-OH is 1. The van der Waals surface area contributed by atoms with Gasteiger partial charge in [0.15, 0.2) is 0 Å². The third kappa shape index (κ3) is 4.48. The van der Waals surface area contributed by atoms with Crippen molar-refractivity contribution in [2.75, 3.05) is 19.8 Å². The van der Waals surface area contributed by atoms with E-state index in [-0.39, 0.29) is 41.1 Å². The van der Waals surface area contributed by atoms with Gasteiger partial charge in [-0.3, -0.25) is 14.4 Å². The lowest BCUT2D eigenvalue weighted by Gasteiger charge is -2.40. The van der Waals surface area contributed by atoms with Gasteiger partial charge in [0.1, 0.15) is 6.04 Å². The van der Waals surface area contributed by atoms with Gasteiger partial charge in [0.25, 0.3) is 0 Å². The van der Waals surface area contributed by atoms with Crippen molar-refractivity contribution in [2.45, 2.75) is 79.4 Å². The smallest absolute Gasteiger partial charge is 0.310 e. The summed E-state index contributed by atoms with van der Waals surface area (Å²) in [4.78, 5) is 44.6. The van der Waals surface area contributed by atoms with Gasteiger partial charge in [-0.25, -0.2) is 0 Å². The van der Waals surface area contributed by atoms with E-state index in [1.165, 1.54) is 0 Å². The summed E-state index contributed by atoms with van der Waals surface area (Å²) in [7, 11) is 0. The first-order valence-electron chi connectivity index (χ1n) is 12.1. The van der Waals surface area contributed by atoms with Crippen molar-refractivity contribution in [3.8, 4) is 0 Å². The molecule has 0 saturated carbocycles. The molecule has 3 heterocycles. The van der Waals surface area contributed by atoms with Crippen molar-refractivity contribution in [3.05, 3.63) is 25.3 Å². The van der Waals surface area contributed by atoms with Gasteiger partial charge in [0, 0.05) is 22.7 Å². The van der Waals surface area contributed by atoms with E-state index in [2.05, 4.69) is 36.0 Å². The number of halogens is 1. The van der Waals surface area contributed by atoms with Crippen LogP contribution < -0.4 is 0 Å². The van der Waals surface area contributed by atoms with Crippen molar-refractivity contribution >= 4 is 45.5 Å². The Kier molecular flexibility index (Phi) is 8.96. The predicted octanol–water partition coefficient (Wildman–Crippen LogP) is 3.15. The molecule has 7 nitrogen and oxygen atoms in total. The molecule has 9 heteroatoms. The maximum atomic E-state index is 14.2. The second kappa shape index (κ2) is 11.2. The van der Waals surface area contributed by atoms with Crippen molar-refractivity contribution in [1.82, 2.24) is 9.80 Å². The summed E-state index contributed by atoms with van der Waals surface area (Å²) in [5.41, 5.74) is 0. The molecule has 2 bridgehead atoms. The molecule has 0 aliphatic carbocycles. The average molecular weight is 558 g/mol. The highest BCUT2D eigenvalue weighted by Gasteiger charge is 2.76. The summed E-state index contributed by atoms with van der Waals surface area (Å²) in [6.07, 6.45) is 6.30. The molecule has 2 amide bonds. The van der Waals surface area contributed by atoms with Crippen LogP contribution in [0.1, 0.15) is 46.5 Å². The van der Waals surface area contributed by atoms with Crippen LogP contribution in [0.5, 0.6) is 0 Å². The van der Waals surface area contributed by atoms with Gasteiger partial charge in [-0.1, -0.05) is 41.4 Å². The number of esters is 1. The number of rotatable bonds is 12. The number of fused-ring (bicyclic) bond motifs is 1. The lowest BCUT2D eigenvalue weighted by molar-refractivity contribution is -0.154. The van der Waals surface area contributed by atoms with E-state index in [1.807, 2.05) is 6.92 Å². The number of nitrogens with zero attached hydrogens (tertiary/aromatic N) is 2. The number of amides is 2. The van der Waals surface area contributed by atoms with Crippen LogP contribution in [-0.4, -0.2) is 85.4 Å². The first-order chi connectivity index (χ1) is 16.2. The zero-order chi connectivity index (χ0) is 25.2. The maximum absolute atomic E-state index is 14.2. The highest BCUT2D eigenvalue weighted by Crippen LogP contribution is 2.68. The molecular formula is C25H37BrN2O5S. The van der Waals surface area contributed by atoms with Crippen LogP contribution >= 0.6 is 27.7 Å². The minimum Gasteiger partial charge on any atom is -0.465 e. The molecule has 0 aromatic rings. The second-order valence-electron chi connectivity index (χ2n) is 9.60. The van der Waals surface area contributed by atoms with Crippen LogP contribution in [0, 0.1) is 11.8 Å². The van der Waals surface area contributed by atoms with Crippen molar-refractivity contribution < 1.29 is 24.2 Å². The number of hydrogen-bond donors (Lipinski definition) is 1. The van der Waals surface area contributed by atoms with E-state index >= 15 is 0 Å². The lowest BCUT2D eigenvalue weighted by atomic mass is 9.71. The van der Waals surface area contributed by atoms with Crippen molar-refractivity contribution in [3.63, 3.8) is 0 Å². The third-order valence-corrected chi connectivity index (χ3v) is 10.6. The normalized spacial score (nSPS) is 33.4. The molecule has 0 aromatic carbocycles. The molecule has 3 fully saturated rings. The number of likely N-dealkylation sites (tertiary alicyclic amines) is 1. The van der Waals surface area contributed by atoms with Gasteiger partial charge < -0.3 is 19.6 Å². The lowest BCUT2D eigenvalue weighted by Crippen LogP contribution is -2.58. The number of thioether (sulfide) groups is 1. The Morgan fingerprint density at radius 3 is 2.68 bits per heavy atom. The summed E-state index contributed by atoms with van der Waals surface area (Å²) in [6.45, 7) is 13.7. The molecule has 1 spiro atoms. The van der Waals surface area contributed by atoms with Gasteiger partial charge in [-0.05, 0) is 33.1 Å². The van der Waals surface area contributed by atoms with E-state index < -0.39 is 34.6 Å². The molecule has 3 saturated heterocycles. The molecule has 8 atom stereocenters. The van der Waals surface area contributed by atoms with E-state index in [0.29, 0.717) is 19.4 Å². The summed E-state index contributed by atoms with van der Waals surface area (Å²) in [5, 5.41) is 9.85. The fourth-order valence-electron chi connectivity index (χ4n) is 5.87. The van der Waals surface area contributed by atoms with Gasteiger partial charge >= 0.3 is 5.97 Å². The molecule has 1 N–H and O–H groups in total. The van der Waals surface area contributed by atoms with Crippen LogP contribution in [0.25, 0.3) is 0 Å². The molecule has 3 aliphatic rings. The average Bonchev–Trinajstić information content (AvgIpc) is 3.40. The van der Waals surface area contributed by atoms with Gasteiger partial charge in [0.2, 0.25) is 11.8 Å². The maximum Gasteiger partial charge on any atom is 0.310 e. The number of carbonyl (C=O) groups excluding carboxylic acids is 3. The third-order valence-electron chi connectivity index (χ3n) is 7.39. The Morgan fingerprint density at radius 2 is 2.09 bits per heavy atom. The zero-order valence-electron chi connectivity index (χ0n) is 20.3.